The van der Waals surface area contributed by atoms with Crippen LogP contribution in [0.3, 0.4) is 0 Å². The molecule has 0 radical (unpaired) electrons. The summed E-state index contributed by atoms with van der Waals surface area (Å²) in [5.74, 6) is 0.661. The Morgan fingerprint density at radius 1 is 0.471 bits per heavy atom. The first-order chi connectivity index (χ1) is 25.3. The van der Waals surface area contributed by atoms with Gasteiger partial charge in [0.1, 0.15) is 11.2 Å². The number of hydrogen-bond acceptors (Lipinski definition) is 4. The molecule has 5 heteroatoms. The number of furan rings is 1. The minimum atomic E-state index is 0.661. The van der Waals surface area contributed by atoms with Crippen LogP contribution in [0.25, 0.3) is 114 Å². The largest absolute Gasteiger partial charge is 0.456 e. The topological polar surface area (TPSA) is 43.9 Å². The van der Waals surface area contributed by atoms with E-state index in [4.69, 9.17) is 14.4 Å². The molecule has 12 rings (SSSR count). The monoisotopic (exact) mass is 667 g/mol. The summed E-state index contributed by atoms with van der Waals surface area (Å²) in [7, 11) is 0. The summed E-state index contributed by atoms with van der Waals surface area (Å²) >= 11 is 1.76. The Morgan fingerprint density at radius 3 is 1.73 bits per heavy atom. The minimum absolute atomic E-state index is 0.661. The molecule has 8 aromatic carbocycles. The van der Waals surface area contributed by atoms with Crippen LogP contribution in [0.15, 0.2) is 156 Å². The predicted octanol–water partition coefficient (Wildman–Crippen LogP) is 13.0. The fourth-order valence-electron chi connectivity index (χ4n) is 8.33. The van der Waals surface area contributed by atoms with Crippen molar-refractivity contribution < 1.29 is 4.42 Å². The lowest BCUT2D eigenvalue weighted by atomic mass is 10.00. The highest BCUT2D eigenvalue weighted by atomic mass is 32.1. The second kappa shape index (κ2) is 10.0. The summed E-state index contributed by atoms with van der Waals surface area (Å²) in [6.45, 7) is 0. The normalized spacial score (nSPS) is 12.3. The van der Waals surface area contributed by atoms with Gasteiger partial charge >= 0.3 is 0 Å². The number of thiophene rings is 1. The van der Waals surface area contributed by atoms with Gasteiger partial charge in [-0.1, -0.05) is 109 Å². The fraction of sp³-hybridized carbons (Fsp3) is 0. The van der Waals surface area contributed by atoms with Crippen LogP contribution in [0.5, 0.6) is 0 Å². The molecule has 0 aliphatic rings. The average Bonchev–Trinajstić information content (AvgIpc) is 3.87. The van der Waals surface area contributed by atoms with E-state index >= 15 is 0 Å². The van der Waals surface area contributed by atoms with Gasteiger partial charge in [0, 0.05) is 37.2 Å². The van der Waals surface area contributed by atoms with Crippen molar-refractivity contribution in [3.63, 3.8) is 0 Å². The fourth-order valence-corrected chi connectivity index (χ4v) is 9.49. The molecule has 0 unspecified atom stereocenters. The van der Waals surface area contributed by atoms with Crippen LogP contribution in [-0.2, 0) is 0 Å². The van der Waals surface area contributed by atoms with Gasteiger partial charge in [-0.3, -0.25) is 4.57 Å². The van der Waals surface area contributed by atoms with Crippen molar-refractivity contribution in [3.05, 3.63) is 152 Å². The maximum atomic E-state index is 6.40. The summed E-state index contributed by atoms with van der Waals surface area (Å²) in [4.78, 5) is 11.0. The molecule has 0 saturated carbocycles. The van der Waals surface area contributed by atoms with Gasteiger partial charge in [-0.05, 0) is 74.8 Å². The van der Waals surface area contributed by atoms with Crippen molar-refractivity contribution >= 4 is 108 Å². The van der Waals surface area contributed by atoms with Crippen molar-refractivity contribution in [1.82, 2.24) is 14.5 Å². The molecule has 236 valence electrons. The molecule has 0 fully saturated rings. The first kappa shape index (κ1) is 27.3. The first-order valence-electron chi connectivity index (χ1n) is 17.2. The molecule has 51 heavy (non-hydrogen) atoms. The number of benzene rings is 8. The highest BCUT2D eigenvalue weighted by Gasteiger charge is 2.22. The van der Waals surface area contributed by atoms with Crippen LogP contribution in [-0.4, -0.2) is 14.5 Å². The Labute approximate surface area is 294 Å². The van der Waals surface area contributed by atoms with Crippen LogP contribution in [0.4, 0.5) is 0 Å². The van der Waals surface area contributed by atoms with E-state index in [0.717, 1.165) is 59.8 Å². The Bertz CT molecular complexity index is 3350. The van der Waals surface area contributed by atoms with E-state index in [9.17, 15) is 0 Å². The van der Waals surface area contributed by atoms with Gasteiger partial charge in [0.2, 0.25) is 5.95 Å². The summed E-state index contributed by atoms with van der Waals surface area (Å²) in [6.07, 6.45) is 0. The lowest BCUT2D eigenvalue weighted by molar-refractivity contribution is 0.669. The maximum absolute atomic E-state index is 6.40. The smallest absolute Gasteiger partial charge is 0.235 e. The van der Waals surface area contributed by atoms with Crippen LogP contribution in [0, 0.1) is 0 Å². The molecule has 0 aliphatic carbocycles. The third-order valence-electron chi connectivity index (χ3n) is 10.6. The molecule has 4 aromatic heterocycles. The van der Waals surface area contributed by atoms with E-state index < -0.39 is 0 Å². The lowest BCUT2D eigenvalue weighted by Gasteiger charge is -2.11. The molecule has 0 amide bonds. The van der Waals surface area contributed by atoms with Gasteiger partial charge < -0.3 is 4.42 Å². The second-order valence-corrected chi connectivity index (χ2v) is 14.4. The highest BCUT2D eigenvalue weighted by molar-refractivity contribution is 7.26. The SMILES string of the molecule is c1ccc2c(c1)ccc1oc3ccc(-c4nc(-n5c6ccc7ccccc7c6c6c7ccccc7ccc65)nc5c4sc4ccccc45)cc3c12. The zero-order chi connectivity index (χ0) is 33.2. The third kappa shape index (κ3) is 3.73. The maximum Gasteiger partial charge on any atom is 0.235 e. The molecular weight excluding hydrogens is 643 g/mol. The molecule has 0 aliphatic heterocycles. The number of aromatic nitrogens is 3. The van der Waals surface area contributed by atoms with Crippen LogP contribution < -0.4 is 0 Å². The lowest BCUT2D eigenvalue weighted by Crippen LogP contribution is -2.02. The third-order valence-corrected chi connectivity index (χ3v) is 11.8. The number of fused-ring (bicyclic) bond motifs is 15. The number of hydrogen-bond donors (Lipinski definition) is 0. The standard InChI is InChI=1S/C46H25N3OS/c1-4-12-30-28(11-1)19-24-38-40(30)34-25-29(20-23-37(34)50-38)43-45-44(33-15-7-8-16-39(33)51-45)48-46(47-43)49-35-21-17-26-9-2-5-13-31(26)41(35)42-32-14-6-3-10-27(32)18-22-36(42)49/h1-25H. The number of nitrogens with zero attached hydrogens (tertiary/aromatic N) is 3. The van der Waals surface area contributed by atoms with Crippen molar-refractivity contribution in [2.24, 2.45) is 0 Å². The molecule has 0 saturated heterocycles. The predicted molar refractivity (Wildman–Crippen MR) is 214 cm³/mol. The zero-order valence-electron chi connectivity index (χ0n) is 27.1. The Hall–Kier alpha value is -6.56. The summed E-state index contributed by atoms with van der Waals surface area (Å²) in [5, 5.41) is 13.1. The van der Waals surface area contributed by atoms with Crippen LogP contribution in [0.1, 0.15) is 0 Å². The molecular formula is C46H25N3OS. The quantitative estimate of drug-likeness (QED) is 0.184. The Balaban J connectivity index is 1.23. The second-order valence-electron chi connectivity index (χ2n) is 13.3. The molecule has 4 nitrogen and oxygen atoms in total. The zero-order valence-corrected chi connectivity index (χ0v) is 27.9. The van der Waals surface area contributed by atoms with Crippen molar-refractivity contribution in [2.45, 2.75) is 0 Å². The molecule has 0 N–H and O–H groups in total. The molecule has 0 atom stereocenters. The van der Waals surface area contributed by atoms with E-state index in [1.165, 1.54) is 47.8 Å². The minimum Gasteiger partial charge on any atom is -0.456 e. The van der Waals surface area contributed by atoms with Crippen LogP contribution >= 0.6 is 11.3 Å². The molecule has 0 spiro atoms. The van der Waals surface area contributed by atoms with Gasteiger partial charge in [0.25, 0.3) is 0 Å². The van der Waals surface area contributed by atoms with Gasteiger partial charge in [0.05, 0.1) is 26.9 Å². The van der Waals surface area contributed by atoms with E-state index in [-0.39, 0.29) is 0 Å². The van der Waals surface area contributed by atoms with E-state index in [1.54, 1.807) is 11.3 Å². The van der Waals surface area contributed by atoms with Crippen molar-refractivity contribution in [3.8, 4) is 17.2 Å². The number of rotatable bonds is 2. The van der Waals surface area contributed by atoms with Crippen molar-refractivity contribution in [1.29, 1.82) is 0 Å². The van der Waals surface area contributed by atoms with Crippen molar-refractivity contribution in [2.75, 3.05) is 0 Å². The molecule has 4 heterocycles. The van der Waals surface area contributed by atoms with Crippen LogP contribution in [0.2, 0.25) is 0 Å². The van der Waals surface area contributed by atoms with Gasteiger partial charge in [-0.15, -0.1) is 11.3 Å². The van der Waals surface area contributed by atoms with Gasteiger partial charge in [-0.2, -0.15) is 0 Å². The average molecular weight is 668 g/mol. The Morgan fingerprint density at radius 2 is 1.04 bits per heavy atom. The first-order valence-corrected chi connectivity index (χ1v) is 18.0. The van der Waals surface area contributed by atoms with Gasteiger partial charge in [-0.25, -0.2) is 9.97 Å². The summed E-state index contributed by atoms with van der Waals surface area (Å²) in [6, 6.07) is 54.1. The summed E-state index contributed by atoms with van der Waals surface area (Å²) in [5.41, 5.74) is 6.86. The van der Waals surface area contributed by atoms with E-state index in [2.05, 4.69) is 156 Å². The molecule has 12 aromatic rings. The van der Waals surface area contributed by atoms with Gasteiger partial charge in [0.15, 0.2) is 0 Å². The Kier molecular flexibility index (Phi) is 5.35. The van der Waals surface area contributed by atoms with E-state index in [1.807, 2.05) is 0 Å². The molecule has 0 bridgehead atoms. The highest BCUT2D eigenvalue weighted by Crippen LogP contribution is 2.44. The van der Waals surface area contributed by atoms with E-state index in [0.29, 0.717) is 5.95 Å². The summed E-state index contributed by atoms with van der Waals surface area (Å²) < 4.78 is 11.0.